The van der Waals surface area contributed by atoms with E-state index < -0.39 is 0 Å². The van der Waals surface area contributed by atoms with E-state index in [4.69, 9.17) is 4.74 Å². The Labute approximate surface area is 154 Å². The van der Waals surface area contributed by atoms with Gasteiger partial charge in [-0.1, -0.05) is 12.1 Å². The summed E-state index contributed by atoms with van der Waals surface area (Å²) in [6.07, 6.45) is 0.325. The van der Waals surface area contributed by atoms with Crippen LogP contribution >= 0.6 is 0 Å². The van der Waals surface area contributed by atoms with Crippen LogP contribution in [0.15, 0.2) is 48.5 Å². The number of carbonyl (C=O) groups is 2. The van der Waals surface area contributed by atoms with E-state index in [9.17, 15) is 9.59 Å². The highest BCUT2D eigenvalue weighted by molar-refractivity contribution is 6.03. The monoisotopic (exact) mass is 352 g/mol. The summed E-state index contributed by atoms with van der Waals surface area (Å²) in [5, 5.41) is 2.91. The minimum atomic E-state index is -0.352. The van der Waals surface area contributed by atoms with Gasteiger partial charge in [-0.3, -0.25) is 9.59 Å². The second kappa shape index (κ2) is 7.60. The molecule has 2 amide bonds. The van der Waals surface area contributed by atoms with Crippen LogP contribution < -0.4 is 15.0 Å². The van der Waals surface area contributed by atoms with Crippen LogP contribution in [0.5, 0.6) is 5.75 Å². The van der Waals surface area contributed by atoms with E-state index in [0.29, 0.717) is 6.54 Å². The molecule has 2 aromatic rings. The van der Waals surface area contributed by atoms with E-state index in [1.165, 1.54) is 0 Å². The molecule has 2 aromatic carbocycles. The first kappa shape index (κ1) is 18.0. The number of amides is 2. The van der Waals surface area contributed by atoms with E-state index in [1.807, 2.05) is 69.3 Å². The van der Waals surface area contributed by atoms with Gasteiger partial charge in [-0.2, -0.15) is 0 Å². The summed E-state index contributed by atoms with van der Waals surface area (Å²) in [5.74, 6) is 0.261. The molecule has 1 atom stereocenters. The summed E-state index contributed by atoms with van der Waals surface area (Å²) < 4.78 is 5.63. The van der Waals surface area contributed by atoms with E-state index >= 15 is 0 Å². The summed E-state index contributed by atoms with van der Waals surface area (Å²) in [6, 6.07) is 15.1. The Morgan fingerprint density at radius 2 is 1.92 bits per heavy atom. The highest BCUT2D eigenvalue weighted by Crippen LogP contribution is 2.28. The minimum absolute atomic E-state index is 0.0353. The third kappa shape index (κ3) is 4.23. The van der Waals surface area contributed by atoms with Crippen molar-refractivity contribution >= 4 is 23.2 Å². The average molecular weight is 352 g/mol. The molecule has 26 heavy (non-hydrogen) atoms. The first-order chi connectivity index (χ1) is 12.4. The third-order valence-corrected chi connectivity index (χ3v) is 4.30. The van der Waals surface area contributed by atoms with Crippen LogP contribution in [0.3, 0.4) is 0 Å². The molecule has 1 fully saturated rings. The summed E-state index contributed by atoms with van der Waals surface area (Å²) in [6.45, 7) is 6.30. The number of ether oxygens (including phenoxy) is 1. The van der Waals surface area contributed by atoms with Crippen molar-refractivity contribution in [2.24, 2.45) is 5.92 Å². The van der Waals surface area contributed by atoms with Crippen molar-refractivity contribution in [1.82, 2.24) is 0 Å². The maximum absolute atomic E-state index is 12.5. The van der Waals surface area contributed by atoms with Crippen molar-refractivity contribution in [3.8, 4) is 5.75 Å². The first-order valence-electron chi connectivity index (χ1n) is 8.87. The highest BCUT2D eigenvalue weighted by atomic mass is 16.5. The number of carbonyl (C=O) groups excluding carboxylic acids is 2. The number of anilines is 2. The van der Waals surface area contributed by atoms with Crippen LogP contribution in [0, 0.1) is 12.8 Å². The Hall–Kier alpha value is -2.82. The van der Waals surface area contributed by atoms with Crippen LogP contribution in [0.2, 0.25) is 0 Å². The van der Waals surface area contributed by atoms with Gasteiger partial charge >= 0.3 is 0 Å². The summed E-state index contributed by atoms with van der Waals surface area (Å²) in [5.41, 5.74) is 2.63. The molecule has 1 aliphatic heterocycles. The number of benzene rings is 2. The summed E-state index contributed by atoms with van der Waals surface area (Å²) >= 11 is 0. The molecule has 136 valence electrons. The fourth-order valence-corrected chi connectivity index (χ4v) is 3.08. The number of hydrogen-bond donors (Lipinski definition) is 1. The molecule has 0 aliphatic carbocycles. The maximum atomic E-state index is 12.5. The van der Waals surface area contributed by atoms with Crippen LogP contribution in [-0.2, 0) is 9.59 Å². The molecule has 0 unspecified atom stereocenters. The van der Waals surface area contributed by atoms with Crippen molar-refractivity contribution < 1.29 is 14.3 Å². The third-order valence-electron chi connectivity index (χ3n) is 4.30. The van der Waals surface area contributed by atoms with Gasteiger partial charge in [-0.05, 0) is 62.7 Å². The largest absolute Gasteiger partial charge is 0.491 e. The lowest BCUT2D eigenvalue weighted by Gasteiger charge is -2.18. The lowest BCUT2D eigenvalue weighted by Crippen LogP contribution is -2.28. The molecule has 3 rings (SSSR count). The van der Waals surface area contributed by atoms with Gasteiger partial charge in [0, 0.05) is 24.3 Å². The fourth-order valence-electron chi connectivity index (χ4n) is 3.08. The zero-order valence-electron chi connectivity index (χ0n) is 15.4. The predicted molar refractivity (Wildman–Crippen MR) is 102 cm³/mol. The number of rotatable bonds is 5. The molecule has 0 aromatic heterocycles. The van der Waals surface area contributed by atoms with Crippen molar-refractivity contribution in [3.63, 3.8) is 0 Å². The van der Waals surface area contributed by atoms with Gasteiger partial charge in [0.25, 0.3) is 0 Å². The number of hydrogen-bond acceptors (Lipinski definition) is 3. The van der Waals surface area contributed by atoms with Gasteiger partial charge in [0.15, 0.2) is 0 Å². The molecule has 5 nitrogen and oxygen atoms in total. The lowest BCUT2D eigenvalue weighted by atomic mass is 10.1. The Kier molecular flexibility index (Phi) is 5.26. The summed E-state index contributed by atoms with van der Waals surface area (Å²) in [4.78, 5) is 26.6. The quantitative estimate of drug-likeness (QED) is 0.891. The van der Waals surface area contributed by atoms with E-state index in [1.54, 1.807) is 4.90 Å². The van der Waals surface area contributed by atoms with Gasteiger partial charge in [-0.15, -0.1) is 0 Å². The molecule has 0 spiro atoms. The molecule has 1 saturated heterocycles. The Bertz CT molecular complexity index is 799. The van der Waals surface area contributed by atoms with Gasteiger partial charge in [-0.25, -0.2) is 0 Å². The van der Waals surface area contributed by atoms with Crippen LogP contribution in [0.25, 0.3) is 0 Å². The molecule has 0 saturated carbocycles. The first-order valence-corrected chi connectivity index (χ1v) is 8.87. The Balaban J connectivity index is 1.65. The van der Waals surface area contributed by atoms with Crippen molar-refractivity contribution in [2.45, 2.75) is 33.3 Å². The zero-order chi connectivity index (χ0) is 18.7. The smallest absolute Gasteiger partial charge is 0.229 e. The van der Waals surface area contributed by atoms with Crippen LogP contribution in [0.1, 0.15) is 25.8 Å². The van der Waals surface area contributed by atoms with Crippen molar-refractivity contribution in [3.05, 3.63) is 54.1 Å². The molecule has 0 radical (unpaired) electrons. The SMILES string of the molecule is Cc1cccc(NC(=O)[C@@H]2CC(=O)N(c3ccc(OC(C)C)cc3)C2)c1. The fraction of sp³-hybridized carbons (Fsp3) is 0.333. The Morgan fingerprint density at radius 3 is 2.58 bits per heavy atom. The molecule has 5 heteroatoms. The zero-order valence-corrected chi connectivity index (χ0v) is 15.4. The topological polar surface area (TPSA) is 58.6 Å². The molecule has 1 N–H and O–H groups in total. The lowest BCUT2D eigenvalue weighted by molar-refractivity contribution is -0.122. The number of nitrogens with one attached hydrogen (secondary N) is 1. The Morgan fingerprint density at radius 1 is 1.19 bits per heavy atom. The predicted octanol–water partition coefficient (Wildman–Crippen LogP) is 3.77. The standard InChI is InChI=1S/C21H24N2O3/c1-14(2)26-19-9-7-18(8-10-19)23-13-16(12-20(23)24)21(25)22-17-6-4-5-15(3)11-17/h4-11,14,16H,12-13H2,1-3H3,(H,22,25)/t16-/m1/s1. The normalized spacial score (nSPS) is 16.8. The molecule has 1 aliphatic rings. The molecule has 0 bridgehead atoms. The average Bonchev–Trinajstić information content (AvgIpc) is 2.97. The van der Waals surface area contributed by atoms with Gasteiger partial charge in [0.1, 0.15) is 5.75 Å². The van der Waals surface area contributed by atoms with Crippen molar-refractivity contribution in [1.29, 1.82) is 0 Å². The maximum Gasteiger partial charge on any atom is 0.229 e. The molecular formula is C21H24N2O3. The molecule has 1 heterocycles. The van der Waals surface area contributed by atoms with E-state index in [0.717, 1.165) is 22.7 Å². The second-order valence-electron chi connectivity index (χ2n) is 6.92. The van der Waals surface area contributed by atoms with Crippen LogP contribution in [-0.4, -0.2) is 24.5 Å². The van der Waals surface area contributed by atoms with Crippen molar-refractivity contribution in [2.75, 3.05) is 16.8 Å². The molecular weight excluding hydrogens is 328 g/mol. The summed E-state index contributed by atoms with van der Waals surface area (Å²) in [7, 11) is 0. The van der Waals surface area contributed by atoms with Gasteiger partial charge < -0.3 is 15.0 Å². The number of nitrogens with zero attached hydrogens (tertiary/aromatic N) is 1. The van der Waals surface area contributed by atoms with Gasteiger partial charge in [0.05, 0.1) is 12.0 Å². The highest BCUT2D eigenvalue weighted by Gasteiger charge is 2.35. The van der Waals surface area contributed by atoms with E-state index in [2.05, 4.69) is 5.32 Å². The number of aryl methyl sites for hydroxylation is 1. The van der Waals surface area contributed by atoms with Gasteiger partial charge in [0.2, 0.25) is 11.8 Å². The van der Waals surface area contributed by atoms with E-state index in [-0.39, 0.29) is 30.3 Å². The minimum Gasteiger partial charge on any atom is -0.491 e. The van der Waals surface area contributed by atoms with Crippen LogP contribution in [0.4, 0.5) is 11.4 Å². The second-order valence-corrected chi connectivity index (χ2v) is 6.92.